The standard InChI is InChI=1S/C13H11ClN2O3/c1-8-11(12(17)18)6-15-13(16-8)19-7-9-3-2-4-10(14)5-9/h2-6H,7H2,1H3,(H,17,18). The van der Waals surface area contributed by atoms with Gasteiger partial charge in [0.05, 0.1) is 11.3 Å². The van der Waals surface area contributed by atoms with Crippen LogP contribution in [0.4, 0.5) is 0 Å². The van der Waals surface area contributed by atoms with Crippen LogP contribution in [-0.4, -0.2) is 21.0 Å². The topological polar surface area (TPSA) is 72.3 Å². The number of carboxylic acid groups (broad SMARTS) is 1. The van der Waals surface area contributed by atoms with Crippen LogP contribution in [0.1, 0.15) is 21.6 Å². The van der Waals surface area contributed by atoms with Gasteiger partial charge >= 0.3 is 12.0 Å². The molecule has 0 atom stereocenters. The van der Waals surface area contributed by atoms with Crippen LogP contribution in [0.15, 0.2) is 30.5 Å². The Hall–Kier alpha value is -2.14. The summed E-state index contributed by atoms with van der Waals surface area (Å²) in [4.78, 5) is 18.7. The lowest BCUT2D eigenvalue weighted by atomic mass is 10.2. The Bertz CT molecular complexity index is 617. The van der Waals surface area contributed by atoms with Gasteiger partial charge in [-0.3, -0.25) is 0 Å². The number of carbonyl (C=O) groups is 1. The van der Waals surface area contributed by atoms with Crippen LogP contribution in [0.5, 0.6) is 6.01 Å². The monoisotopic (exact) mass is 278 g/mol. The van der Waals surface area contributed by atoms with E-state index >= 15 is 0 Å². The summed E-state index contributed by atoms with van der Waals surface area (Å²) in [6, 6.07) is 7.38. The molecule has 1 heterocycles. The minimum absolute atomic E-state index is 0.0649. The molecule has 1 aromatic carbocycles. The minimum Gasteiger partial charge on any atom is -0.478 e. The summed E-state index contributed by atoms with van der Waals surface area (Å²) in [6.45, 7) is 1.86. The number of hydrogen-bond donors (Lipinski definition) is 1. The molecule has 1 aromatic heterocycles. The van der Waals surface area contributed by atoms with Gasteiger partial charge in [0.15, 0.2) is 0 Å². The fourth-order valence-electron chi connectivity index (χ4n) is 1.50. The predicted octanol–water partition coefficient (Wildman–Crippen LogP) is 2.72. The largest absolute Gasteiger partial charge is 0.478 e. The number of benzene rings is 1. The van der Waals surface area contributed by atoms with Crippen molar-refractivity contribution in [1.29, 1.82) is 0 Å². The Morgan fingerprint density at radius 1 is 1.47 bits per heavy atom. The van der Waals surface area contributed by atoms with E-state index in [1.165, 1.54) is 6.20 Å². The van der Waals surface area contributed by atoms with E-state index in [2.05, 4.69) is 9.97 Å². The molecule has 6 heteroatoms. The van der Waals surface area contributed by atoms with Crippen molar-refractivity contribution in [2.45, 2.75) is 13.5 Å². The third-order valence-electron chi connectivity index (χ3n) is 2.44. The number of hydrogen-bond acceptors (Lipinski definition) is 4. The van der Waals surface area contributed by atoms with Crippen molar-refractivity contribution < 1.29 is 14.6 Å². The molecule has 0 bridgehead atoms. The fourth-order valence-corrected chi connectivity index (χ4v) is 1.71. The maximum atomic E-state index is 10.8. The van der Waals surface area contributed by atoms with Crippen LogP contribution in [0.3, 0.4) is 0 Å². The maximum Gasteiger partial charge on any atom is 0.339 e. The molecule has 0 saturated carbocycles. The van der Waals surface area contributed by atoms with E-state index < -0.39 is 5.97 Å². The van der Waals surface area contributed by atoms with Crippen LogP contribution in [-0.2, 0) is 6.61 Å². The van der Waals surface area contributed by atoms with E-state index in [1.54, 1.807) is 19.1 Å². The lowest BCUT2D eigenvalue weighted by Gasteiger charge is -2.06. The Morgan fingerprint density at radius 2 is 2.26 bits per heavy atom. The van der Waals surface area contributed by atoms with Crippen molar-refractivity contribution >= 4 is 17.6 Å². The van der Waals surface area contributed by atoms with Crippen molar-refractivity contribution in [3.63, 3.8) is 0 Å². The van der Waals surface area contributed by atoms with Crippen LogP contribution in [0.25, 0.3) is 0 Å². The zero-order chi connectivity index (χ0) is 13.8. The quantitative estimate of drug-likeness (QED) is 0.931. The summed E-state index contributed by atoms with van der Waals surface area (Å²) in [5, 5.41) is 9.48. The predicted molar refractivity (Wildman–Crippen MR) is 69.5 cm³/mol. The molecule has 1 N–H and O–H groups in total. The molecule has 0 fully saturated rings. The van der Waals surface area contributed by atoms with Gasteiger partial charge in [0.25, 0.3) is 0 Å². The Balaban J connectivity index is 2.08. The highest BCUT2D eigenvalue weighted by atomic mass is 35.5. The Kier molecular flexibility index (Phi) is 3.97. The first-order valence-electron chi connectivity index (χ1n) is 5.50. The zero-order valence-corrected chi connectivity index (χ0v) is 10.9. The average molecular weight is 279 g/mol. The van der Waals surface area contributed by atoms with Crippen molar-refractivity contribution in [2.75, 3.05) is 0 Å². The highest BCUT2D eigenvalue weighted by molar-refractivity contribution is 6.30. The second kappa shape index (κ2) is 5.67. The van der Waals surface area contributed by atoms with Gasteiger partial charge in [-0.15, -0.1) is 0 Å². The van der Waals surface area contributed by atoms with Gasteiger partial charge in [0.2, 0.25) is 0 Å². The van der Waals surface area contributed by atoms with Gasteiger partial charge in [-0.1, -0.05) is 23.7 Å². The van der Waals surface area contributed by atoms with Gasteiger partial charge in [0.1, 0.15) is 6.61 Å². The van der Waals surface area contributed by atoms with Crippen LogP contribution in [0.2, 0.25) is 5.02 Å². The molecule has 2 aromatic rings. The van der Waals surface area contributed by atoms with Crippen molar-refractivity contribution in [3.8, 4) is 6.01 Å². The van der Waals surface area contributed by atoms with Gasteiger partial charge < -0.3 is 9.84 Å². The van der Waals surface area contributed by atoms with Gasteiger partial charge in [-0.2, -0.15) is 4.98 Å². The highest BCUT2D eigenvalue weighted by Gasteiger charge is 2.10. The summed E-state index contributed by atoms with van der Waals surface area (Å²) >= 11 is 5.86. The van der Waals surface area contributed by atoms with Gasteiger partial charge in [-0.25, -0.2) is 9.78 Å². The number of aromatic nitrogens is 2. The Labute approximate surface area is 114 Å². The highest BCUT2D eigenvalue weighted by Crippen LogP contribution is 2.13. The molecule has 2 rings (SSSR count). The van der Waals surface area contributed by atoms with E-state index in [4.69, 9.17) is 21.4 Å². The van der Waals surface area contributed by atoms with E-state index in [9.17, 15) is 4.79 Å². The number of ether oxygens (including phenoxy) is 1. The SMILES string of the molecule is Cc1nc(OCc2cccc(Cl)c2)ncc1C(=O)O. The van der Waals surface area contributed by atoms with Crippen LogP contribution in [0, 0.1) is 6.92 Å². The van der Waals surface area contributed by atoms with E-state index in [0.29, 0.717) is 10.7 Å². The number of halogens is 1. The van der Waals surface area contributed by atoms with E-state index in [1.807, 2.05) is 12.1 Å². The third kappa shape index (κ3) is 3.42. The molecule has 0 unspecified atom stereocenters. The number of nitrogens with zero attached hydrogens (tertiary/aromatic N) is 2. The second-order valence-corrected chi connectivity index (χ2v) is 4.31. The number of rotatable bonds is 4. The zero-order valence-electron chi connectivity index (χ0n) is 10.1. The van der Waals surface area contributed by atoms with E-state index in [-0.39, 0.29) is 18.2 Å². The first-order chi connectivity index (χ1) is 9.06. The summed E-state index contributed by atoms with van der Waals surface area (Å²) in [7, 11) is 0. The van der Waals surface area contributed by atoms with E-state index in [0.717, 1.165) is 5.56 Å². The third-order valence-corrected chi connectivity index (χ3v) is 2.68. The molecule has 0 spiro atoms. The molecule has 0 aliphatic carbocycles. The number of aromatic carboxylic acids is 1. The van der Waals surface area contributed by atoms with Crippen molar-refractivity contribution in [3.05, 3.63) is 52.3 Å². The molecule has 98 valence electrons. The van der Waals surface area contributed by atoms with Crippen LogP contribution < -0.4 is 4.74 Å². The summed E-state index contributed by atoms with van der Waals surface area (Å²) in [5.74, 6) is -1.06. The minimum atomic E-state index is -1.06. The normalized spacial score (nSPS) is 10.2. The van der Waals surface area contributed by atoms with Crippen molar-refractivity contribution in [2.24, 2.45) is 0 Å². The lowest BCUT2D eigenvalue weighted by molar-refractivity contribution is 0.0695. The molecule has 0 aliphatic rings. The maximum absolute atomic E-state index is 10.8. The summed E-state index contributed by atoms with van der Waals surface area (Å²) in [6.07, 6.45) is 1.23. The molecular weight excluding hydrogens is 268 g/mol. The number of aryl methyl sites for hydroxylation is 1. The second-order valence-electron chi connectivity index (χ2n) is 3.88. The first kappa shape index (κ1) is 13.3. The number of carboxylic acids is 1. The van der Waals surface area contributed by atoms with Gasteiger partial charge in [-0.05, 0) is 24.6 Å². The molecule has 0 saturated heterocycles. The summed E-state index contributed by atoms with van der Waals surface area (Å²) < 4.78 is 5.39. The molecule has 19 heavy (non-hydrogen) atoms. The fraction of sp³-hybridized carbons (Fsp3) is 0.154. The molecule has 0 radical (unpaired) electrons. The lowest BCUT2D eigenvalue weighted by Crippen LogP contribution is -2.06. The van der Waals surface area contributed by atoms with Gasteiger partial charge in [0, 0.05) is 11.2 Å². The average Bonchev–Trinajstić information content (AvgIpc) is 2.36. The van der Waals surface area contributed by atoms with Crippen molar-refractivity contribution in [1.82, 2.24) is 9.97 Å². The Morgan fingerprint density at radius 3 is 2.89 bits per heavy atom. The summed E-state index contributed by atoms with van der Waals surface area (Å²) in [5.41, 5.74) is 1.31. The molecular formula is C13H11ClN2O3. The molecule has 5 nitrogen and oxygen atoms in total. The first-order valence-corrected chi connectivity index (χ1v) is 5.88. The smallest absolute Gasteiger partial charge is 0.339 e. The molecule has 0 amide bonds. The van der Waals surface area contributed by atoms with Crippen LogP contribution >= 0.6 is 11.6 Å². The molecule has 0 aliphatic heterocycles.